The lowest BCUT2D eigenvalue weighted by molar-refractivity contribution is -0.143. The zero-order valence-corrected chi connectivity index (χ0v) is 21.5. The van der Waals surface area contributed by atoms with Crippen molar-refractivity contribution < 1.29 is 28.6 Å². The molecule has 2 atom stereocenters. The molecule has 0 saturated heterocycles. The molecular weight excluding hydrogens is 503 g/mol. The Morgan fingerprint density at radius 1 is 0.949 bits per heavy atom. The first-order valence-electron chi connectivity index (χ1n) is 12.3. The first-order valence-corrected chi connectivity index (χ1v) is 12.3. The van der Waals surface area contributed by atoms with Crippen LogP contribution in [0, 0.1) is 11.7 Å². The number of halogens is 1. The molecular formula is C29H31FN4O5. The lowest BCUT2D eigenvalue weighted by Gasteiger charge is -2.16. The molecule has 0 aliphatic carbocycles. The van der Waals surface area contributed by atoms with Gasteiger partial charge in [0.25, 0.3) is 0 Å². The molecule has 0 aliphatic rings. The van der Waals surface area contributed by atoms with Crippen LogP contribution in [0.25, 0.3) is 0 Å². The van der Waals surface area contributed by atoms with Crippen molar-refractivity contribution >= 4 is 23.7 Å². The van der Waals surface area contributed by atoms with Crippen LogP contribution in [0.4, 0.5) is 4.39 Å². The van der Waals surface area contributed by atoms with Crippen molar-refractivity contribution in [3.8, 4) is 5.75 Å². The van der Waals surface area contributed by atoms with Crippen molar-refractivity contribution in [3.63, 3.8) is 0 Å². The van der Waals surface area contributed by atoms with Crippen molar-refractivity contribution in [2.24, 2.45) is 16.6 Å². The lowest BCUT2D eigenvalue weighted by Crippen LogP contribution is -2.42. The van der Waals surface area contributed by atoms with E-state index in [4.69, 9.17) is 10.5 Å². The zero-order chi connectivity index (χ0) is 28.2. The van der Waals surface area contributed by atoms with Gasteiger partial charge in [0.1, 0.15) is 6.04 Å². The molecule has 0 aromatic heterocycles. The van der Waals surface area contributed by atoms with Crippen LogP contribution < -0.4 is 21.1 Å². The normalized spacial score (nSPS) is 12.7. The van der Waals surface area contributed by atoms with E-state index in [9.17, 15) is 23.9 Å². The molecule has 9 nitrogen and oxygen atoms in total. The van der Waals surface area contributed by atoms with Crippen molar-refractivity contribution in [1.29, 1.82) is 0 Å². The van der Waals surface area contributed by atoms with Crippen molar-refractivity contribution in [2.75, 3.05) is 7.11 Å². The maximum absolute atomic E-state index is 13.7. The van der Waals surface area contributed by atoms with Gasteiger partial charge in [-0.15, -0.1) is 0 Å². The monoisotopic (exact) mass is 534 g/mol. The number of rotatable bonds is 12. The smallest absolute Gasteiger partial charge is 0.307 e. The first-order chi connectivity index (χ1) is 18.7. The number of carbonyl (C=O) groups excluding carboxylic acids is 2. The third-order valence-corrected chi connectivity index (χ3v) is 5.93. The van der Waals surface area contributed by atoms with Crippen LogP contribution in [0.3, 0.4) is 0 Å². The van der Waals surface area contributed by atoms with E-state index < -0.39 is 35.6 Å². The Morgan fingerprint density at radius 3 is 2.15 bits per heavy atom. The molecule has 3 aromatic carbocycles. The topological polar surface area (TPSA) is 143 Å². The van der Waals surface area contributed by atoms with Gasteiger partial charge in [0.2, 0.25) is 11.8 Å². The van der Waals surface area contributed by atoms with Gasteiger partial charge in [-0.05, 0) is 35.2 Å². The van der Waals surface area contributed by atoms with E-state index >= 15 is 0 Å². The summed E-state index contributed by atoms with van der Waals surface area (Å²) in [5.74, 6) is -3.93. The lowest BCUT2D eigenvalue weighted by atomic mass is 9.96. The Labute approximate surface area is 225 Å². The highest BCUT2D eigenvalue weighted by molar-refractivity contribution is 5.98. The van der Waals surface area contributed by atoms with E-state index in [1.54, 1.807) is 24.3 Å². The van der Waals surface area contributed by atoms with Crippen LogP contribution in [-0.4, -0.2) is 42.0 Å². The minimum absolute atomic E-state index is 0.0551. The number of carboxylic acid groups (broad SMARTS) is 1. The summed E-state index contributed by atoms with van der Waals surface area (Å²) in [6.07, 6.45) is 0.0536. The number of nitrogens with two attached hydrogens (primary N) is 1. The van der Waals surface area contributed by atoms with Crippen molar-refractivity contribution in [2.45, 2.75) is 31.8 Å². The highest BCUT2D eigenvalue weighted by Crippen LogP contribution is 2.18. The number of methoxy groups -OCH3 is 1. The van der Waals surface area contributed by atoms with E-state index in [2.05, 4.69) is 15.6 Å². The Bertz CT molecular complexity index is 1300. The van der Waals surface area contributed by atoms with Crippen LogP contribution >= 0.6 is 0 Å². The fourth-order valence-electron chi connectivity index (χ4n) is 3.92. The fraction of sp³-hybridized carbons (Fsp3) is 0.241. The Kier molecular flexibility index (Phi) is 10.6. The largest absolute Gasteiger partial charge is 0.494 e. The highest BCUT2D eigenvalue weighted by atomic mass is 19.1. The summed E-state index contributed by atoms with van der Waals surface area (Å²) in [4.78, 5) is 41.6. The molecule has 204 valence electrons. The van der Waals surface area contributed by atoms with E-state index in [1.807, 2.05) is 36.4 Å². The molecule has 0 radical (unpaired) electrons. The predicted molar refractivity (Wildman–Crippen MR) is 144 cm³/mol. The number of nitrogens with one attached hydrogen (secondary N) is 2. The summed E-state index contributed by atoms with van der Waals surface area (Å²) in [6.45, 7) is 0.0856. The highest BCUT2D eigenvalue weighted by Gasteiger charge is 2.23. The number of benzene rings is 3. The van der Waals surface area contributed by atoms with Crippen LogP contribution in [0.1, 0.15) is 23.1 Å². The molecule has 2 amide bonds. The van der Waals surface area contributed by atoms with Gasteiger partial charge in [-0.2, -0.15) is 0 Å². The molecule has 0 aliphatic heterocycles. The van der Waals surface area contributed by atoms with Crippen molar-refractivity contribution in [1.82, 2.24) is 10.6 Å². The van der Waals surface area contributed by atoms with Gasteiger partial charge in [0.15, 0.2) is 17.5 Å². The average Bonchev–Trinajstić information content (AvgIpc) is 2.92. The predicted octanol–water partition coefficient (Wildman–Crippen LogP) is 2.83. The number of aliphatic carboxylic acids is 1. The number of guanidine groups is 1. The minimum atomic E-state index is -1.11. The molecule has 10 heteroatoms. The maximum atomic E-state index is 13.7. The Balaban J connectivity index is 1.68. The second-order valence-electron chi connectivity index (χ2n) is 8.88. The fourth-order valence-corrected chi connectivity index (χ4v) is 3.92. The number of carbonyl (C=O) groups is 3. The van der Waals surface area contributed by atoms with Gasteiger partial charge in [-0.1, -0.05) is 66.7 Å². The molecule has 0 saturated carbocycles. The number of carboxylic acids is 1. The Hall–Kier alpha value is -4.73. The van der Waals surface area contributed by atoms with Gasteiger partial charge in [0.05, 0.1) is 13.0 Å². The quantitative estimate of drug-likeness (QED) is 0.208. The van der Waals surface area contributed by atoms with Crippen LogP contribution in [0.2, 0.25) is 0 Å². The molecule has 0 bridgehead atoms. The van der Waals surface area contributed by atoms with Crippen LogP contribution in [0.15, 0.2) is 83.9 Å². The maximum Gasteiger partial charge on any atom is 0.307 e. The molecule has 0 spiro atoms. The summed E-state index contributed by atoms with van der Waals surface area (Å²) in [7, 11) is 1.35. The summed E-state index contributed by atoms with van der Waals surface area (Å²) < 4.78 is 18.7. The zero-order valence-electron chi connectivity index (χ0n) is 21.5. The summed E-state index contributed by atoms with van der Waals surface area (Å²) >= 11 is 0. The minimum Gasteiger partial charge on any atom is -0.494 e. The van der Waals surface area contributed by atoms with Crippen molar-refractivity contribution in [3.05, 3.63) is 101 Å². The number of aliphatic imine (C=N–C) groups is 1. The second kappa shape index (κ2) is 14.3. The third-order valence-electron chi connectivity index (χ3n) is 5.93. The van der Waals surface area contributed by atoms with Crippen LogP contribution in [-0.2, 0) is 33.8 Å². The first kappa shape index (κ1) is 28.8. The molecule has 5 N–H and O–H groups in total. The molecule has 39 heavy (non-hydrogen) atoms. The number of amides is 2. The molecule has 0 unspecified atom stereocenters. The van der Waals surface area contributed by atoms with E-state index in [0.717, 1.165) is 11.1 Å². The van der Waals surface area contributed by atoms with E-state index in [0.29, 0.717) is 5.56 Å². The van der Waals surface area contributed by atoms with E-state index in [1.165, 1.54) is 25.3 Å². The Morgan fingerprint density at radius 2 is 1.56 bits per heavy atom. The summed E-state index contributed by atoms with van der Waals surface area (Å²) in [5, 5.41) is 14.7. The standard InChI is InChI=1S/C29H31FN4O5/c1-39-25-16-21(12-13-23(25)30)18-32-27(36)24(15-20-10-6-3-7-11-20)33-29(31)34-26(35)17-22(28(37)38)14-19-8-4-2-5-9-19/h2-13,16,22,24H,14-15,17-18H2,1H3,(H,32,36)(H,37,38)(H3,31,33,34,35)/t22-,24+/m0/s1. The average molecular weight is 535 g/mol. The number of hydrogen-bond acceptors (Lipinski definition) is 5. The number of ether oxygens (including phenoxy) is 1. The molecule has 3 aromatic rings. The van der Waals surface area contributed by atoms with Gasteiger partial charge < -0.3 is 20.9 Å². The molecule has 3 rings (SSSR count). The van der Waals surface area contributed by atoms with Gasteiger partial charge in [-0.25, -0.2) is 9.38 Å². The molecule has 0 fully saturated rings. The van der Waals surface area contributed by atoms with Gasteiger partial charge in [0, 0.05) is 19.4 Å². The number of nitrogens with zero attached hydrogens (tertiary/aromatic N) is 1. The summed E-state index contributed by atoms with van der Waals surface area (Å²) in [5.41, 5.74) is 8.19. The molecule has 0 heterocycles. The van der Waals surface area contributed by atoms with Gasteiger partial charge >= 0.3 is 5.97 Å². The third kappa shape index (κ3) is 9.26. The number of hydrogen-bond donors (Lipinski definition) is 4. The SMILES string of the molecule is COc1cc(CNC(=O)[C@@H](Cc2ccccc2)N=C(N)NC(=O)C[C@H](Cc2ccccc2)C(=O)O)ccc1F. The van der Waals surface area contributed by atoms with Crippen LogP contribution in [0.5, 0.6) is 5.75 Å². The second-order valence-corrected chi connectivity index (χ2v) is 8.88. The van der Waals surface area contributed by atoms with Gasteiger partial charge in [-0.3, -0.25) is 19.7 Å². The van der Waals surface area contributed by atoms with E-state index in [-0.39, 0.29) is 37.5 Å². The summed E-state index contributed by atoms with van der Waals surface area (Å²) in [6, 6.07) is 21.4.